The first-order valence-electron chi connectivity index (χ1n) is 3.45. The molecule has 2 rings (SSSR count). The Hall–Kier alpha value is -0.0400. The predicted molar refractivity (Wildman–Crippen MR) is 31.6 cm³/mol. The van der Waals surface area contributed by atoms with E-state index in [4.69, 9.17) is 4.74 Å². The smallest absolute Gasteiger partial charge is 0.0497 e. The van der Waals surface area contributed by atoms with Gasteiger partial charge >= 0.3 is 0 Å². The predicted octanol–water partition coefficient (Wildman–Crippen LogP) is 1.29. The van der Waals surface area contributed by atoms with Crippen LogP contribution in [0.15, 0.2) is 0 Å². The maximum absolute atomic E-state index is 5.34. The summed E-state index contributed by atoms with van der Waals surface area (Å²) in [5, 5.41) is 0. The molecule has 1 saturated heterocycles. The first-order chi connectivity index (χ1) is 3.88. The molecule has 0 N–H and O–H groups in total. The number of hydrogen-bond donors (Lipinski definition) is 0. The minimum absolute atomic E-state index is 0.855. The minimum atomic E-state index is 0.855. The van der Waals surface area contributed by atoms with Crippen LogP contribution >= 0.6 is 0 Å². The zero-order valence-electron chi connectivity index (χ0n) is 5.26. The van der Waals surface area contributed by atoms with Gasteiger partial charge in [0.15, 0.2) is 0 Å². The van der Waals surface area contributed by atoms with E-state index in [1.54, 1.807) is 0 Å². The maximum Gasteiger partial charge on any atom is 0.0497 e. The molecule has 3 atom stereocenters. The lowest BCUT2D eigenvalue weighted by atomic mass is 10.0. The summed E-state index contributed by atoms with van der Waals surface area (Å²) in [6.07, 6.45) is 1.45. The molecule has 2 fully saturated rings. The fourth-order valence-electron chi connectivity index (χ4n) is 1.69. The Balaban J connectivity index is 1.99. The molecule has 1 aliphatic carbocycles. The average Bonchev–Trinajstić information content (AvgIpc) is 2.45. The van der Waals surface area contributed by atoms with Crippen molar-refractivity contribution in [2.45, 2.75) is 13.3 Å². The summed E-state index contributed by atoms with van der Waals surface area (Å²) in [6, 6.07) is 0. The van der Waals surface area contributed by atoms with E-state index in [1.807, 2.05) is 0 Å². The summed E-state index contributed by atoms with van der Waals surface area (Å²) < 4.78 is 5.34. The molecule has 1 heteroatoms. The molecule has 0 amide bonds. The summed E-state index contributed by atoms with van der Waals surface area (Å²) in [5.41, 5.74) is 0. The van der Waals surface area contributed by atoms with Crippen LogP contribution in [-0.4, -0.2) is 13.2 Å². The maximum atomic E-state index is 5.34. The highest BCUT2D eigenvalue weighted by molar-refractivity contribution is 4.91. The normalized spacial score (nSPS) is 52.9. The van der Waals surface area contributed by atoms with Crippen molar-refractivity contribution in [1.29, 1.82) is 0 Å². The lowest BCUT2D eigenvalue weighted by Crippen LogP contribution is -2.16. The van der Waals surface area contributed by atoms with Crippen molar-refractivity contribution in [2.75, 3.05) is 13.2 Å². The van der Waals surface area contributed by atoms with Gasteiger partial charge in [-0.25, -0.2) is 0 Å². The highest BCUT2D eigenvalue weighted by Crippen LogP contribution is 2.47. The molecule has 1 heterocycles. The van der Waals surface area contributed by atoms with Crippen LogP contribution in [-0.2, 0) is 4.74 Å². The lowest BCUT2D eigenvalue weighted by molar-refractivity contribution is 0.0538. The average molecular weight is 112 g/mol. The van der Waals surface area contributed by atoms with E-state index in [9.17, 15) is 0 Å². The first-order valence-corrected chi connectivity index (χ1v) is 3.45. The third-order valence-corrected chi connectivity index (χ3v) is 2.42. The van der Waals surface area contributed by atoms with Gasteiger partial charge in [-0.15, -0.1) is 0 Å². The van der Waals surface area contributed by atoms with Gasteiger partial charge < -0.3 is 4.74 Å². The van der Waals surface area contributed by atoms with Gasteiger partial charge in [0, 0.05) is 13.2 Å². The molecule has 46 valence electrons. The fraction of sp³-hybridized carbons (Fsp3) is 1.00. The van der Waals surface area contributed by atoms with Crippen LogP contribution in [0.25, 0.3) is 0 Å². The molecule has 0 aromatic heterocycles. The molecule has 1 nitrogen and oxygen atoms in total. The second-order valence-electron chi connectivity index (χ2n) is 3.17. The highest BCUT2D eigenvalue weighted by atomic mass is 16.5. The Morgan fingerprint density at radius 3 is 2.88 bits per heavy atom. The summed E-state index contributed by atoms with van der Waals surface area (Å²) >= 11 is 0. The van der Waals surface area contributed by atoms with Gasteiger partial charge in [-0.05, 0) is 24.2 Å². The molecule has 0 aromatic carbocycles. The van der Waals surface area contributed by atoms with E-state index in [0.717, 1.165) is 31.0 Å². The highest BCUT2D eigenvalue weighted by Gasteiger charge is 2.43. The van der Waals surface area contributed by atoms with E-state index in [1.165, 1.54) is 6.42 Å². The summed E-state index contributed by atoms with van der Waals surface area (Å²) in [4.78, 5) is 0. The Kier molecular flexibility index (Phi) is 0.884. The van der Waals surface area contributed by atoms with Crippen LogP contribution in [0.5, 0.6) is 0 Å². The summed E-state index contributed by atoms with van der Waals surface area (Å²) in [6.45, 7) is 4.36. The van der Waals surface area contributed by atoms with E-state index in [-0.39, 0.29) is 0 Å². The van der Waals surface area contributed by atoms with Gasteiger partial charge in [-0.1, -0.05) is 6.92 Å². The van der Waals surface area contributed by atoms with E-state index in [0.29, 0.717) is 0 Å². The number of rotatable bonds is 0. The van der Waals surface area contributed by atoms with Crippen molar-refractivity contribution in [3.63, 3.8) is 0 Å². The SMILES string of the molecule is CC1COCC2CC12. The van der Waals surface area contributed by atoms with Crippen molar-refractivity contribution in [1.82, 2.24) is 0 Å². The topological polar surface area (TPSA) is 9.23 Å². The standard InChI is InChI=1S/C7H12O/c1-5-3-8-4-6-2-7(5)6/h5-7H,2-4H2,1H3. The van der Waals surface area contributed by atoms with Crippen molar-refractivity contribution < 1.29 is 4.74 Å². The van der Waals surface area contributed by atoms with Crippen LogP contribution in [0.2, 0.25) is 0 Å². The molecule has 0 spiro atoms. The lowest BCUT2D eigenvalue weighted by Gasteiger charge is -2.16. The minimum Gasteiger partial charge on any atom is -0.381 e. The van der Waals surface area contributed by atoms with Crippen LogP contribution < -0.4 is 0 Å². The van der Waals surface area contributed by atoms with Crippen LogP contribution in [0, 0.1) is 17.8 Å². The Labute approximate surface area is 50.0 Å². The van der Waals surface area contributed by atoms with Crippen molar-refractivity contribution >= 4 is 0 Å². The molecule has 1 saturated carbocycles. The third-order valence-electron chi connectivity index (χ3n) is 2.42. The van der Waals surface area contributed by atoms with E-state index < -0.39 is 0 Å². The second-order valence-corrected chi connectivity index (χ2v) is 3.17. The third kappa shape index (κ3) is 0.576. The first kappa shape index (κ1) is 4.80. The zero-order chi connectivity index (χ0) is 5.56. The number of hydrogen-bond acceptors (Lipinski definition) is 1. The molecule has 2 aliphatic rings. The molecule has 8 heavy (non-hydrogen) atoms. The van der Waals surface area contributed by atoms with Crippen molar-refractivity contribution in [3.8, 4) is 0 Å². The molecule has 1 aliphatic heterocycles. The Morgan fingerprint density at radius 2 is 2.25 bits per heavy atom. The molecule has 0 radical (unpaired) electrons. The van der Waals surface area contributed by atoms with Gasteiger partial charge in [0.25, 0.3) is 0 Å². The zero-order valence-corrected chi connectivity index (χ0v) is 5.26. The van der Waals surface area contributed by atoms with Gasteiger partial charge in [0.05, 0.1) is 0 Å². The van der Waals surface area contributed by atoms with Crippen LogP contribution in [0.4, 0.5) is 0 Å². The van der Waals surface area contributed by atoms with Crippen LogP contribution in [0.3, 0.4) is 0 Å². The van der Waals surface area contributed by atoms with Gasteiger partial charge in [-0.2, -0.15) is 0 Å². The monoisotopic (exact) mass is 112 g/mol. The summed E-state index contributed by atoms with van der Waals surface area (Å²) in [7, 11) is 0. The van der Waals surface area contributed by atoms with Gasteiger partial charge in [-0.3, -0.25) is 0 Å². The second kappa shape index (κ2) is 1.47. The number of fused-ring (bicyclic) bond motifs is 1. The number of ether oxygens (including phenoxy) is 1. The molecule has 3 unspecified atom stereocenters. The molecule has 0 aromatic rings. The Bertz CT molecular complexity index is 101. The molecule has 0 bridgehead atoms. The Morgan fingerprint density at radius 1 is 1.38 bits per heavy atom. The molecular formula is C7H12O. The van der Waals surface area contributed by atoms with Gasteiger partial charge in [0.2, 0.25) is 0 Å². The van der Waals surface area contributed by atoms with E-state index in [2.05, 4.69) is 6.92 Å². The van der Waals surface area contributed by atoms with Crippen LogP contribution in [0.1, 0.15) is 13.3 Å². The fourth-order valence-corrected chi connectivity index (χ4v) is 1.69. The molecular weight excluding hydrogens is 100 g/mol. The quantitative estimate of drug-likeness (QED) is 0.459. The largest absolute Gasteiger partial charge is 0.381 e. The van der Waals surface area contributed by atoms with E-state index >= 15 is 0 Å². The summed E-state index contributed by atoms with van der Waals surface area (Å²) in [5.74, 6) is 2.86. The van der Waals surface area contributed by atoms with Crippen molar-refractivity contribution in [3.05, 3.63) is 0 Å². The van der Waals surface area contributed by atoms with Crippen molar-refractivity contribution in [2.24, 2.45) is 17.8 Å². The van der Waals surface area contributed by atoms with Gasteiger partial charge in [0.1, 0.15) is 0 Å².